The lowest BCUT2D eigenvalue weighted by Crippen LogP contribution is -2.60. The topological polar surface area (TPSA) is 43.9 Å². The molecule has 0 spiro atoms. The molecule has 0 bridgehead atoms. The molecule has 0 aromatic heterocycles. The third-order valence-corrected chi connectivity index (χ3v) is 7.41. The van der Waals surface area contributed by atoms with Crippen molar-refractivity contribution in [1.29, 1.82) is 0 Å². The van der Waals surface area contributed by atoms with Gasteiger partial charge in [-0.15, -0.1) is 0 Å². The van der Waals surface area contributed by atoms with Crippen LogP contribution in [0, 0.1) is 11.3 Å². The van der Waals surface area contributed by atoms with Gasteiger partial charge in [0.1, 0.15) is 0 Å². The van der Waals surface area contributed by atoms with Gasteiger partial charge in [-0.3, -0.25) is 14.5 Å². The molecule has 1 unspecified atom stereocenters. The molecule has 2 fully saturated rings. The van der Waals surface area contributed by atoms with Crippen LogP contribution in [0.25, 0.3) is 0 Å². The summed E-state index contributed by atoms with van der Waals surface area (Å²) >= 11 is 6.07. The largest absolute Gasteiger partial charge is 0.343 e. The van der Waals surface area contributed by atoms with E-state index in [0.29, 0.717) is 12.3 Å². The fourth-order valence-corrected chi connectivity index (χ4v) is 5.09. The van der Waals surface area contributed by atoms with Crippen LogP contribution >= 0.6 is 11.6 Å². The fraction of sp³-hybridized carbons (Fsp3) is 0.680. The molecule has 2 aliphatic heterocycles. The molecule has 1 aromatic carbocycles. The first-order valence-electron chi connectivity index (χ1n) is 11.6. The van der Waals surface area contributed by atoms with E-state index >= 15 is 0 Å². The smallest absolute Gasteiger partial charge is 0.223 e. The van der Waals surface area contributed by atoms with E-state index in [1.54, 1.807) is 6.92 Å². The summed E-state index contributed by atoms with van der Waals surface area (Å²) in [7, 11) is 0. The number of carbonyl (C=O) groups is 2. The maximum Gasteiger partial charge on any atom is 0.223 e. The number of piperazine rings is 1. The van der Waals surface area contributed by atoms with Gasteiger partial charge in [0.2, 0.25) is 11.8 Å². The van der Waals surface area contributed by atoms with Crippen LogP contribution in [0.5, 0.6) is 0 Å². The van der Waals surface area contributed by atoms with Crippen molar-refractivity contribution in [2.24, 2.45) is 11.3 Å². The van der Waals surface area contributed by atoms with E-state index in [1.165, 1.54) is 5.56 Å². The van der Waals surface area contributed by atoms with Crippen molar-refractivity contribution in [2.75, 3.05) is 32.7 Å². The van der Waals surface area contributed by atoms with Crippen LogP contribution in [-0.2, 0) is 9.59 Å². The summed E-state index contributed by atoms with van der Waals surface area (Å²) in [4.78, 5) is 31.4. The molecule has 0 saturated carbocycles. The number of hydrogen-bond acceptors (Lipinski definition) is 3. The Morgan fingerprint density at radius 3 is 2.23 bits per heavy atom. The molecular formula is C25H38ClN3O2. The summed E-state index contributed by atoms with van der Waals surface area (Å²) in [5, 5.41) is 0.757. The summed E-state index contributed by atoms with van der Waals surface area (Å²) < 4.78 is 0. The third kappa shape index (κ3) is 6.01. The Labute approximate surface area is 192 Å². The van der Waals surface area contributed by atoms with Crippen molar-refractivity contribution >= 4 is 23.4 Å². The summed E-state index contributed by atoms with van der Waals surface area (Å²) in [6.07, 6.45) is 2.46. The van der Waals surface area contributed by atoms with Gasteiger partial charge < -0.3 is 9.80 Å². The van der Waals surface area contributed by atoms with Gasteiger partial charge in [-0.05, 0) is 48.8 Å². The van der Waals surface area contributed by atoms with Crippen LogP contribution in [0.1, 0.15) is 65.5 Å². The Morgan fingerprint density at radius 1 is 1.06 bits per heavy atom. The highest BCUT2D eigenvalue weighted by Crippen LogP contribution is 2.33. The van der Waals surface area contributed by atoms with Gasteiger partial charge in [0, 0.05) is 63.2 Å². The van der Waals surface area contributed by atoms with E-state index < -0.39 is 0 Å². The number of halogens is 1. The lowest BCUT2D eigenvalue weighted by atomic mass is 9.83. The van der Waals surface area contributed by atoms with Crippen molar-refractivity contribution in [3.8, 4) is 0 Å². The number of rotatable bonds is 4. The Balaban J connectivity index is 1.64. The molecule has 0 N–H and O–H groups in total. The van der Waals surface area contributed by atoms with Crippen molar-refractivity contribution in [2.45, 2.75) is 66.0 Å². The van der Waals surface area contributed by atoms with Crippen LogP contribution in [-0.4, -0.2) is 65.3 Å². The zero-order valence-corrected chi connectivity index (χ0v) is 20.5. The molecular weight excluding hydrogens is 410 g/mol. The minimum absolute atomic E-state index is 0.00599. The second-order valence-corrected chi connectivity index (χ2v) is 10.8. The first-order chi connectivity index (χ1) is 14.6. The number of likely N-dealkylation sites (tertiary alicyclic amines) is 1. The van der Waals surface area contributed by atoms with Crippen LogP contribution < -0.4 is 0 Å². The van der Waals surface area contributed by atoms with Gasteiger partial charge in [0.05, 0.1) is 0 Å². The van der Waals surface area contributed by atoms with Gasteiger partial charge in [0.25, 0.3) is 0 Å². The van der Waals surface area contributed by atoms with Gasteiger partial charge in [-0.1, -0.05) is 44.5 Å². The number of benzene rings is 1. The molecule has 0 radical (unpaired) electrons. The average Bonchev–Trinajstić information content (AvgIpc) is 2.73. The van der Waals surface area contributed by atoms with Gasteiger partial charge in [-0.2, -0.15) is 0 Å². The highest BCUT2D eigenvalue weighted by atomic mass is 35.5. The monoisotopic (exact) mass is 447 g/mol. The van der Waals surface area contributed by atoms with Crippen LogP contribution in [0.15, 0.2) is 24.3 Å². The molecule has 1 aromatic rings. The lowest BCUT2D eigenvalue weighted by Gasteiger charge is -2.49. The van der Waals surface area contributed by atoms with Crippen molar-refractivity contribution in [3.05, 3.63) is 34.9 Å². The zero-order valence-electron chi connectivity index (χ0n) is 19.7. The molecule has 2 aliphatic rings. The summed E-state index contributed by atoms with van der Waals surface area (Å²) in [5.74, 6) is 0.804. The predicted molar refractivity (Wildman–Crippen MR) is 126 cm³/mol. The van der Waals surface area contributed by atoms with Crippen LogP contribution in [0.2, 0.25) is 5.02 Å². The highest BCUT2D eigenvalue weighted by Gasteiger charge is 2.39. The molecule has 2 saturated heterocycles. The van der Waals surface area contributed by atoms with E-state index in [1.807, 2.05) is 17.0 Å². The molecule has 2 heterocycles. The molecule has 2 amide bonds. The minimum Gasteiger partial charge on any atom is -0.343 e. The molecule has 2 atom stereocenters. The van der Waals surface area contributed by atoms with Crippen molar-refractivity contribution in [3.63, 3.8) is 0 Å². The number of amides is 2. The molecule has 0 aliphatic carbocycles. The number of carbonyl (C=O) groups excluding carboxylic acids is 2. The number of hydrogen-bond donors (Lipinski definition) is 0. The first-order valence-corrected chi connectivity index (χ1v) is 12.0. The van der Waals surface area contributed by atoms with Crippen molar-refractivity contribution < 1.29 is 9.59 Å². The van der Waals surface area contributed by atoms with E-state index in [9.17, 15) is 9.59 Å². The maximum atomic E-state index is 13.3. The Morgan fingerprint density at radius 2 is 1.68 bits per heavy atom. The van der Waals surface area contributed by atoms with E-state index in [2.05, 4.69) is 49.6 Å². The zero-order chi connectivity index (χ0) is 22.8. The molecule has 31 heavy (non-hydrogen) atoms. The summed E-state index contributed by atoms with van der Waals surface area (Å²) in [6, 6.07) is 8.57. The normalized spacial score (nSPS) is 22.5. The third-order valence-electron chi connectivity index (χ3n) is 7.16. The van der Waals surface area contributed by atoms with Crippen LogP contribution in [0.4, 0.5) is 0 Å². The molecule has 3 rings (SSSR count). The predicted octanol–water partition coefficient (Wildman–Crippen LogP) is 4.61. The van der Waals surface area contributed by atoms with Gasteiger partial charge >= 0.3 is 0 Å². The summed E-state index contributed by atoms with van der Waals surface area (Å²) in [6.45, 7) is 14.7. The van der Waals surface area contributed by atoms with E-state index in [0.717, 1.165) is 50.6 Å². The summed E-state index contributed by atoms with van der Waals surface area (Å²) in [5.41, 5.74) is 1.26. The average molecular weight is 448 g/mol. The highest BCUT2D eigenvalue weighted by molar-refractivity contribution is 6.30. The van der Waals surface area contributed by atoms with E-state index in [-0.39, 0.29) is 29.3 Å². The van der Waals surface area contributed by atoms with E-state index in [4.69, 9.17) is 11.6 Å². The molecule has 172 valence electrons. The Bertz CT molecular complexity index is 766. The maximum absolute atomic E-state index is 13.3. The minimum atomic E-state index is 0.00599. The molecule has 6 heteroatoms. The Kier molecular flexibility index (Phi) is 7.69. The number of nitrogens with zero attached hydrogens (tertiary/aromatic N) is 3. The molecule has 5 nitrogen and oxygen atoms in total. The van der Waals surface area contributed by atoms with Gasteiger partial charge in [0.15, 0.2) is 0 Å². The quantitative estimate of drug-likeness (QED) is 0.677. The van der Waals surface area contributed by atoms with Crippen LogP contribution in [0.3, 0.4) is 0 Å². The standard InChI is InChI=1S/C25H38ClN3O2/c1-18(21-6-8-22(26)9-7-21)28-14-15-29(23(17-28)25(3,4)5)24(31)16-20-10-12-27(13-11-20)19(2)30/h6-9,18,20,23H,10-17H2,1-5H3/t18?,23-/m1/s1. The second-order valence-electron chi connectivity index (χ2n) is 10.3. The lowest BCUT2D eigenvalue weighted by molar-refractivity contribution is -0.141. The fourth-order valence-electron chi connectivity index (χ4n) is 4.96. The van der Waals surface area contributed by atoms with Crippen molar-refractivity contribution in [1.82, 2.24) is 14.7 Å². The number of piperidine rings is 1. The van der Waals surface area contributed by atoms with Gasteiger partial charge in [-0.25, -0.2) is 0 Å². The Hall–Kier alpha value is -1.59. The SMILES string of the molecule is CC(=O)N1CCC(CC(=O)N2CCN(C(C)c3ccc(Cl)cc3)C[C@@H]2C(C)(C)C)CC1. The first kappa shape index (κ1) is 24.1. The second kappa shape index (κ2) is 9.91.